The van der Waals surface area contributed by atoms with Crippen LogP contribution in [0.5, 0.6) is 0 Å². The Morgan fingerprint density at radius 3 is 1.23 bits per heavy atom. The van der Waals surface area contributed by atoms with Gasteiger partial charge in [-0.3, -0.25) is 0 Å². The topological polar surface area (TPSA) is 32.5 Å². The molecule has 2 N–H and O–H groups in total. The second kappa shape index (κ2) is 7.22. The Balaban J connectivity index is 2.14. The van der Waals surface area contributed by atoms with E-state index in [0.29, 0.717) is 0 Å². The molecule has 0 bridgehead atoms. The minimum Gasteiger partial charge on any atom is -0.378 e. The number of nitrogens with zero attached hydrogens (tertiary/aromatic N) is 2. The quantitative estimate of drug-likeness (QED) is 0.708. The van der Waals surface area contributed by atoms with Gasteiger partial charge in [-0.2, -0.15) is 0 Å². The molecule has 0 radical (unpaired) electrons. The number of hydrogen-bond donors (Lipinski definition) is 1. The molecule has 134 valence electrons. The molecule has 3 nitrogen and oxygen atoms in total. The minimum absolute atomic E-state index is 0.697. The lowest BCUT2D eigenvalue weighted by Crippen LogP contribution is -2.39. The summed E-state index contributed by atoms with van der Waals surface area (Å²) in [7, 11) is 8.17. The fraction of sp³-hybridized carbons (Fsp3) is 0.217. The van der Waals surface area contributed by atoms with Crippen LogP contribution in [0.3, 0.4) is 0 Å². The third kappa shape index (κ3) is 3.31. The molecule has 0 spiro atoms. The highest BCUT2D eigenvalue weighted by Crippen LogP contribution is 2.35. The average Bonchev–Trinajstić information content (AvgIpc) is 2.68. The number of benzene rings is 3. The SMILES string of the molecule is CN(C)c1ccc(C(N)(c2ccccc2)c2ccc(N(C)C)cc2)cc1. The Kier molecular flexibility index (Phi) is 5.01. The van der Waals surface area contributed by atoms with E-state index in [1.54, 1.807) is 0 Å². The predicted molar refractivity (Wildman–Crippen MR) is 112 cm³/mol. The molecule has 0 unspecified atom stereocenters. The van der Waals surface area contributed by atoms with E-state index < -0.39 is 5.54 Å². The van der Waals surface area contributed by atoms with Gasteiger partial charge in [-0.25, -0.2) is 0 Å². The van der Waals surface area contributed by atoms with Crippen molar-refractivity contribution in [2.45, 2.75) is 5.54 Å². The van der Waals surface area contributed by atoms with Crippen LogP contribution in [0, 0.1) is 0 Å². The first-order valence-electron chi connectivity index (χ1n) is 8.83. The third-order valence-corrected chi connectivity index (χ3v) is 4.91. The molecule has 0 aliphatic carbocycles. The molecule has 0 aliphatic heterocycles. The van der Waals surface area contributed by atoms with Gasteiger partial charge in [0.05, 0.1) is 5.54 Å². The number of nitrogens with two attached hydrogens (primary N) is 1. The molecular weight excluding hydrogens is 318 g/mol. The first-order chi connectivity index (χ1) is 12.4. The largest absolute Gasteiger partial charge is 0.378 e. The first-order valence-corrected chi connectivity index (χ1v) is 8.83. The van der Waals surface area contributed by atoms with Crippen LogP contribution in [0.25, 0.3) is 0 Å². The van der Waals surface area contributed by atoms with E-state index in [2.05, 4.69) is 70.5 Å². The van der Waals surface area contributed by atoms with Gasteiger partial charge in [-0.05, 0) is 41.0 Å². The monoisotopic (exact) mass is 345 g/mol. The lowest BCUT2D eigenvalue weighted by molar-refractivity contribution is 0.653. The van der Waals surface area contributed by atoms with Crippen LogP contribution in [0.2, 0.25) is 0 Å². The highest BCUT2D eigenvalue weighted by molar-refractivity contribution is 5.56. The number of rotatable bonds is 5. The van der Waals surface area contributed by atoms with Gasteiger partial charge in [0, 0.05) is 39.6 Å². The molecular formula is C23H27N3. The van der Waals surface area contributed by atoms with Gasteiger partial charge in [0.1, 0.15) is 0 Å². The van der Waals surface area contributed by atoms with Crippen LogP contribution in [0.1, 0.15) is 16.7 Å². The molecule has 3 rings (SSSR count). The molecule has 0 saturated carbocycles. The molecule has 3 heteroatoms. The molecule has 0 heterocycles. The maximum Gasteiger partial charge on any atom is 0.0923 e. The fourth-order valence-corrected chi connectivity index (χ4v) is 3.25. The van der Waals surface area contributed by atoms with E-state index in [9.17, 15) is 0 Å². The van der Waals surface area contributed by atoms with Gasteiger partial charge >= 0.3 is 0 Å². The lowest BCUT2D eigenvalue weighted by atomic mass is 9.78. The van der Waals surface area contributed by atoms with Crippen molar-refractivity contribution in [2.75, 3.05) is 38.0 Å². The standard InChI is InChI=1S/C23H27N3/c1-25(2)21-14-10-19(11-15-21)23(24,18-8-6-5-7-9-18)20-12-16-22(17-13-20)26(3)4/h5-17H,24H2,1-4H3. The summed E-state index contributed by atoms with van der Waals surface area (Å²) in [4.78, 5) is 4.19. The zero-order valence-corrected chi connectivity index (χ0v) is 16.0. The van der Waals surface area contributed by atoms with E-state index in [4.69, 9.17) is 5.73 Å². The summed E-state index contributed by atoms with van der Waals surface area (Å²) in [5, 5.41) is 0. The second-order valence-corrected chi connectivity index (χ2v) is 7.06. The van der Waals surface area contributed by atoms with Gasteiger partial charge in [0.2, 0.25) is 0 Å². The maximum absolute atomic E-state index is 7.09. The molecule has 0 fully saturated rings. The van der Waals surface area contributed by atoms with Crippen molar-refractivity contribution in [2.24, 2.45) is 5.73 Å². The highest BCUT2D eigenvalue weighted by Gasteiger charge is 2.31. The van der Waals surface area contributed by atoms with Gasteiger partial charge in [-0.15, -0.1) is 0 Å². The summed E-state index contributed by atoms with van der Waals surface area (Å²) >= 11 is 0. The van der Waals surface area contributed by atoms with Crippen molar-refractivity contribution in [3.63, 3.8) is 0 Å². The first kappa shape index (κ1) is 18.0. The average molecular weight is 345 g/mol. The molecule has 0 aromatic heterocycles. The Hall–Kier alpha value is -2.78. The zero-order chi connectivity index (χ0) is 18.7. The second-order valence-electron chi connectivity index (χ2n) is 7.06. The van der Waals surface area contributed by atoms with E-state index in [1.165, 1.54) is 0 Å². The summed E-state index contributed by atoms with van der Waals surface area (Å²) in [6, 6.07) is 27.3. The van der Waals surface area contributed by atoms with Crippen LogP contribution in [0.15, 0.2) is 78.9 Å². The summed E-state index contributed by atoms with van der Waals surface area (Å²) in [6.45, 7) is 0. The van der Waals surface area contributed by atoms with Gasteiger partial charge in [-0.1, -0.05) is 54.6 Å². The van der Waals surface area contributed by atoms with E-state index in [1.807, 2.05) is 46.4 Å². The molecule has 3 aromatic carbocycles. The maximum atomic E-state index is 7.09. The summed E-state index contributed by atoms with van der Waals surface area (Å²) in [5.41, 5.74) is 11.9. The van der Waals surface area contributed by atoms with Crippen molar-refractivity contribution in [1.29, 1.82) is 0 Å². The van der Waals surface area contributed by atoms with Crippen molar-refractivity contribution in [3.8, 4) is 0 Å². The normalized spacial score (nSPS) is 11.3. The van der Waals surface area contributed by atoms with E-state index in [0.717, 1.165) is 28.1 Å². The Morgan fingerprint density at radius 2 is 0.885 bits per heavy atom. The van der Waals surface area contributed by atoms with Crippen molar-refractivity contribution in [3.05, 3.63) is 95.6 Å². The zero-order valence-electron chi connectivity index (χ0n) is 16.0. The van der Waals surface area contributed by atoms with Crippen molar-refractivity contribution >= 4 is 11.4 Å². The Bertz CT molecular complexity index is 783. The summed E-state index contributed by atoms with van der Waals surface area (Å²) in [5.74, 6) is 0. The van der Waals surface area contributed by atoms with Gasteiger partial charge in [0.15, 0.2) is 0 Å². The molecule has 26 heavy (non-hydrogen) atoms. The molecule has 0 saturated heterocycles. The Labute approximate surface area is 156 Å². The molecule has 0 aliphatic rings. The lowest BCUT2D eigenvalue weighted by Gasteiger charge is -2.32. The highest BCUT2D eigenvalue weighted by atomic mass is 15.1. The van der Waals surface area contributed by atoms with E-state index >= 15 is 0 Å². The smallest absolute Gasteiger partial charge is 0.0923 e. The van der Waals surface area contributed by atoms with Crippen LogP contribution in [0.4, 0.5) is 11.4 Å². The molecule has 3 aromatic rings. The van der Waals surface area contributed by atoms with Crippen LogP contribution >= 0.6 is 0 Å². The van der Waals surface area contributed by atoms with Crippen molar-refractivity contribution < 1.29 is 0 Å². The van der Waals surface area contributed by atoms with Crippen LogP contribution < -0.4 is 15.5 Å². The third-order valence-electron chi connectivity index (χ3n) is 4.91. The van der Waals surface area contributed by atoms with E-state index in [-0.39, 0.29) is 0 Å². The van der Waals surface area contributed by atoms with Gasteiger partial charge < -0.3 is 15.5 Å². The van der Waals surface area contributed by atoms with Gasteiger partial charge in [0.25, 0.3) is 0 Å². The fourth-order valence-electron chi connectivity index (χ4n) is 3.25. The van der Waals surface area contributed by atoms with Crippen molar-refractivity contribution in [1.82, 2.24) is 0 Å². The number of hydrogen-bond acceptors (Lipinski definition) is 3. The summed E-state index contributed by atoms with van der Waals surface area (Å²) < 4.78 is 0. The van der Waals surface area contributed by atoms with Crippen LogP contribution in [-0.2, 0) is 5.54 Å². The Morgan fingerprint density at radius 1 is 0.538 bits per heavy atom. The molecule has 0 atom stereocenters. The molecule has 0 amide bonds. The summed E-state index contributed by atoms with van der Waals surface area (Å²) in [6.07, 6.45) is 0. The van der Waals surface area contributed by atoms with Crippen LogP contribution in [-0.4, -0.2) is 28.2 Å². The minimum atomic E-state index is -0.697. The predicted octanol–water partition coefficient (Wildman–Crippen LogP) is 4.07. The number of anilines is 2.